The number of aromatic nitrogens is 1. The lowest BCUT2D eigenvalue weighted by atomic mass is 10.0. The molecule has 1 heterocycles. The zero-order valence-corrected chi connectivity index (χ0v) is 23.3. The van der Waals surface area contributed by atoms with Crippen LogP contribution >= 0.6 is 0 Å². The van der Waals surface area contributed by atoms with E-state index in [1.165, 1.54) is 17.0 Å². The summed E-state index contributed by atoms with van der Waals surface area (Å²) in [6.07, 6.45) is 0. The van der Waals surface area contributed by atoms with Crippen molar-refractivity contribution in [2.45, 2.75) is 13.5 Å². The van der Waals surface area contributed by atoms with Gasteiger partial charge in [-0.25, -0.2) is 4.79 Å². The Hall–Kier alpha value is -4.54. The van der Waals surface area contributed by atoms with Gasteiger partial charge < -0.3 is 30.1 Å². The maximum absolute atomic E-state index is 15.9. The molecule has 0 bridgehead atoms. The molecule has 41 heavy (non-hydrogen) atoms. The largest absolute Gasteiger partial charge is 0.478 e. The molecule has 10 heteroatoms. The number of rotatable bonds is 11. The topological polar surface area (TPSA) is 101 Å². The first-order valence-electron chi connectivity index (χ1n) is 12.9. The molecule has 0 fully saturated rings. The quantitative estimate of drug-likeness (QED) is 0.227. The standard InChI is InChI=1S/C31H32F2N4O4/c1-19-11-12-24(31(38)39)25(15-19)41-30-27(33)28(37(4)14-13-36(2)3)26(32)29(35-30)40-23-10-6-9-22(17-23)21-8-5-7-20(16-21)18-34/h5-12,15-17H,13-14,18,34H2,1-4H3,(H,38,39). The Morgan fingerprint density at radius 1 is 0.902 bits per heavy atom. The van der Waals surface area contributed by atoms with E-state index in [0.717, 1.165) is 16.7 Å². The fourth-order valence-electron chi connectivity index (χ4n) is 4.14. The summed E-state index contributed by atoms with van der Waals surface area (Å²) in [7, 11) is 5.23. The minimum atomic E-state index is -1.27. The fraction of sp³-hybridized carbons (Fsp3) is 0.226. The second-order valence-electron chi connectivity index (χ2n) is 9.86. The van der Waals surface area contributed by atoms with Gasteiger partial charge in [-0.2, -0.15) is 13.8 Å². The van der Waals surface area contributed by atoms with E-state index < -0.39 is 35.1 Å². The minimum Gasteiger partial charge on any atom is -0.478 e. The molecule has 0 radical (unpaired) electrons. The molecule has 0 saturated carbocycles. The van der Waals surface area contributed by atoms with Crippen LogP contribution in [-0.2, 0) is 6.54 Å². The molecule has 0 aliphatic heterocycles. The molecule has 214 valence electrons. The smallest absolute Gasteiger partial charge is 0.339 e. The highest BCUT2D eigenvalue weighted by Gasteiger charge is 2.27. The van der Waals surface area contributed by atoms with E-state index in [2.05, 4.69) is 4.98 Å². The van der Waals surface area contributed by atoms with E-state index in [4.69, 9.17) is 15.2 Å². The molecule has 4 rings (SSSR count). The molecule has 0 aliphatic rings. The van der Waals surface area contributed by atoms with Crippen molar-refractivity contribution in [3.8, 4) is 34.4 Å². The molecule has 8 nitrogen and oxygen atoms in total. The fourth-order valence-corrected chi connectivity index (χ4v) is 4.14. The van der Waals surface area contributed by atoms with Crippen molar-refractivity contribution in [3.05, 3.63) is 95.1 Å². The number of hydrogen-bond donors (Lipinski definition) is 2. The van der Waals surface area contributed by atoms with Crippen LogP contribution in [0.3, 0.4) is 0 Å². The molecule has 0 aliphatic carbocycles. The third kappa shape index (κ3) is 6.97. The van der Waals surface area contributed by atoms with Gasteiger partial charge in [0.2, 0.25) is 11.6 Å². The number of nitrogens with zero attached hydrogens (tertiary/aromatic N) is 3. The monoisotopic (exact) mass is 562 g/mol. The average Bonchev–Trinajstić information content (AvgIpc) is 2.94. The third-order valence-corrected chi connectivity index (χ3v) is 6.38. The predicted octanol–water partition coefficient (Wildman–Crippen LogP) is 6.07. The zero-order chi connectivity index (χ0) is 29.7. The van der Waals surface area contributed by atoms with Crippen molar-refractivity contribution in [3.63, 3.8) is 0 Å². The Balaban J connectivity index is 1.78. The van der Waals surface area contributed by atoms with Crippen LogP contribution in [0.2, 0.25) is 0 Å². The van der Waals surface area contributed by atoms with Crippen LogP contribution < -0.4 is 20.1 Å². The van der Waals surface area contributed by atoms with Crippen LogP contribution in [0.15, 0.2) is 66.7 Å². The molecule has 0 saturated heterocycles. The first kappa shape index (κ1) is 29.4. The molecular weight excluding hydrogens is 530 g/mol. The summed E-state index contributed by atoms with van der Waals surface area (Å²) in [5, 5.41) is 9.62. The molecule has 0 amide bonds. The van der Waals surface area contributed by atoms with Gasteiger partial charge >= 0.3 is 5.97 Å². The summed E-state index contributed by atoms with van der Waals surface area (Å²) in [6, 6.07) is 19.0. The van der Waals surface area contributed by atoms with Crippen LogP contribution in [0.25, 0.3) is 11.1 Å². The number of benzene rings is 3. The zero-order valence-electron chi connectivity index (χ0n) is 23.3. The van der Waals surface area contributed by atoms with Crippen molar-refractivity contribution in [2.24, 2.45) is 5.73 Å². The van der Waals surface area contributed by atoms with Gasteiger partial charge in [0.1, 0.15) is 22.7 Å². The summed E-state index contributed by atoms with van der Waals surface area (Å²) < 4.78 is 43.2. The third-order valence-electron chi connectivity index (χ3n) is 6.38. The first-order chi connectivity index (χ1) is 19.6. The summed E-state index contributed by atoms with van der Waals surface area (Å²) in [4.78, 5) is 19.1. The highest BCUT2D eigenvalue weighted by Crippen LogP contribution is 2.39. The van der Waals surface area contributed by atoms with Gasteiger partial charge in [-0.3, -0.25) is 0 Å². The molecule has 3 N–H and O–H groups in total. The Kier molecular flexibility index (Phi) is 9.16. The summed E-state index contributed by atoms with van der Waals surface area (Å²) >= 11 is 0. The van der Waals surface area contributed by atoms with Crippen LogP contribution in [-0.4, -0.2) is 55.2 Å². The molecule has 3 aromatic carbocycles. The Bertz CT molecular complexity index is 1560. The predicted molar refractivity (Wildman–Crippen MR) is 154 cm³/mol. The number of carbonyl (C=O) groups is 1. The highest BCUT2D eigenvalue weighted by molar-refractivity contribution is 5.91. The van der Waals surface area contributed by atoms with E-state index in [9.17, 15) is 9.90 Å². The highest BCUT2D eigenvalue weighted by atomic mass is 19.1. The molecule has 0 unspecified atom stereocenters. The van der Waals surface area contributed by atoms with Gasteiger partial charge in [-0.05, 0) is 73.6 Å². The van der Waals surface area contributed by atoms with Gasteiger partial charge in [-0.1, -0.05) is 36.4 Å². The number of ether oxygens (including phenoxy) is 2. The summed E-state index contributed by atoms with van der Waals surface area (Å²) in [5.41, 5.74) is 8.49. The molecule has 1 aromatic heterocycles. The van der Waals surface area contributed by atoms with E-state index >= 15 is 8.78 Å². The Morgan fingerprint density at radius 2 is 1.56 bits per heavy atom. The van der Waals surface area contributed by atoms with Crippen molar-refractivity contribution < 1.29 is 28.2 Å². The number of hydrogen-bond acceptors (Lipinski definition) is 7. The maximum atomic E-state index is 15.9. The van der Waals surface area contributed by atoms with Crippen molar-refractivity contribution in [1.82, 2.24) is 9.88 Å². The van der Waals surface area contributed by atoms with Gasteiger partial charge in [-0.15, -0.1) is 0 Å². The van der Waals surface area contributed by atoms with Gasteiger partial charge in [0.15, 0.2) is 0 Å². The summed E-state index contributed by atoms with van der Waals surface area (Å²) in [6.45, 7) is 2.90. The lowest BCUT2D eigenvalue weighted by Gasteiger charge is -2.24. The van der Waals surface area contributed by atoms with Crippen LogP contribution in [0.4, 0.5) is 14.5 Å². The maximum Gasteiger partial charge on any atom is 0.339 e. The van der Waals surface area contributed by atoms with E-state index in [1.54, 1.807) is 38.2 Å². The Labute approximate surface area is 237 Å². The molecular formula is C31H32F2N4O4. The number of pyridine rings is 1. The van der Waals surface area contributed by atoms with E-state index in [0.29, 0.717) is 18.7 Å². The second kappa shape index (κ2) is 12.8. The lowest BCUT2D eigenvalue weighted by Crippen LogP contribution is -2.30. The number of anilines is 1. The number of carboxylic acid groups (broad SMARTS) is 1. The lowest BCUT2D eigenvalue weighted by molar-refractivity contribution is 0.0694. The number of halogens is 2. The van der Waals surface area contributed by atoms with Gasteiger partial charge in [0.25, 0.3) is 11.8 Å². The average molecular weight is 563 g/mol. The number of carboxylic acids is 1. The SMILES string of the molecule is Cc1ccc(C(=O)O)c(Oc2nc(Oc3cccc(-c4cccc(CN)c4)c3)c(F)c(N(C)CCN(C)C)c2F)c1. The number of aromatic carboxylic acids is 1. The van der Waals surface area contributed by atoms with Crippen molar-refractivity contribution in [1.29, 1.82) is 0 Å². The first-order valence-corrected chi connectivity index (χ1v) is 12.9. The van der Waals surface area contributed by atoms with E-state index in [1.807, 2.05) is 49.3 Å². The minimum absolute atomic E-state index is 0.134. The van der Waals surface area contributed by atoms with Crippen molar-refractivity contribution in [2.75, 3.05) is 39.1 Å². The van der Waals surface area contributed by atoms with Gasteiger partial charge in [0.05, 0.1) is 0 Å². The second-order valence-corrected chi connectivity index (χ2v) is 9.86. The van der Waals surface area contributed by atoms with Crippen LogP contribution in [0.5, 0.6) is 23.3 Å². The van der Waals surface area contributed by atoms with Crippen molar-refractivity contribution >= 4 is 11.7 Å². The van der Waals surface area contributed by atoms with E-state index in [-0.39, 0.29) is 23.6 Å². The van der Waals surface area contributed by atoms with Gasteiger partial charge in [0, 0.05) is 26.7 Å². The molecule has 4 aromatic rings. The summed E-state index contributed by atoms with van der Waals surface area (Å²) in [5.74, 6) is -4.38. The normalized spacial score (nSPS) is 11.0. The van der Waals surface area contributed by atoms with Crippen LogP contribution in [0, 0.1) is 18.6 Å². The van der Waals surface area contributed by atoms with Crippen LogP contribution in [0.1, 0.15) is 21.5 Å². The number of nitrogens with two attached hydrogens (primary N) is 1. The Morgan fingerprint density at radius 3 is 2.22 bits per heavy atom. The molecule has 0 atom stereocenters. The number of aryl methyl sites for hydroxylation is 1. The molecule has 0 spiro atoms. The number of likely N-dealkylation sites (N-methyl/N-ethyl adjacent to an activating group) is 2.